The number of halogens is 5. The van der Waals surface area contributed by atoms with Gasteiger partial charge in [0.15, 0.2) is 5.11 Å². The molecule has 1 amide bonds. The zero-order chi connectivity index (χ0) is 25.4. The van der Waals surface area contributed by atoms with Crippen molar-refractivity contribution in [2.24, 2.45) is 0 Å². The quantitative estimate of drug-likeness (QED) is 0.0776. The number of hydrogen-bond donors (Lipinski definition) is 3. The van der Waals surface area contributed by atoms with Crippen molar-refractivity contribution in [3.63, 3.8) is 0 Å². The molecule has 0 aliphatic heterocycles. The molecule has 1 unspecified atom stereocenters. The monoisotopic (exact) mass is 589 g/mol. The lowest BCUT2D eigenvalue weighted by Crippen LogP contribution is -2.56. The van der Waals surface area contributed by atoms with E-state index >= 15 is 0 Å². The largest absolute Gasteiger partial charge is 0.339 e. The third-order valence-corrected chi connectivity index (χ3v) is 6.78. The summed E-state index contributed by atoms with van der Waals surface area (Å²) in [7, 11) is 0. The van der Waals surface area contributed by atoms with Crippen LogP contribution in [0.1, 0.15) is 90.4 Å². The van der Waals surface area contributed by atoms with Gasteiger partial charge in [-0.2, -0.15) is 0 Å². The van der Waals surface area contributed by atoms with E-state index in [0.717, 1.165) is 19.3 Å². The number of anilines is 1. The fourth-order valence-corrected chi connectivity index (χ4v) is 4.33. The fraction of sp³-hybridized carbons (Fsp3) is 0.667. The van der Waals surface area contributed by atoms with Gasteiger partial charge < -0.3 is 16.0 Å². The summed E-state index contributed by atoms with van der Waals surface area (Å²) in [5, 5.41) is 9.47. The SMILES string of the molecule is CCCCCCCCCCCCCCC(=O)NC(NC(=S)Nc1cc(Cl)ccc1Cl)C(Cl)(Cl)Cl. The minimum atomic E-state index is -1.81. The van der Waals surface area contributed by atoms with E-state index < -0.39 is 9.96 Å². The molecule has 4 nitrogen and oxygen atoms in total. The van der Waals surface area contributed by atoms with Crippen molar-refractivity contribution in [3.05, 3.63) is 28.2 Å². The Labute approximate surface area is 235 Å². The van der Waals surface area contributed by atoms with Gasteiger partial charge >= 0.3 is 0 Å². The van der Waals surface area contributed by atoms with E-state index in [9.17, 15) is 4.79 Å². The van der Waals surface area contributed by atoms with Gasteiger partial charge in [-0.05, 0) is 36.8 Å². The summed E-state index contributed by atoms with van der Waals surface area (Å²) < 4.78 is -1.81. The van der Waals surface area contributed by atoms with Crippen LogP contribution < -0.4 is 16.0 Å². The highest BCUT2D eigenvalue weighted by Gasteiger charge is 2.34. The average Bonchev–Trinajstić information content (AvgIpc) is 2.76. The van der Waals surface area contributed by atoms with E-state index in [-0.39, 0.29) is 11.0 Å². The number of carbonyl (C=O) groups excluding carboxylic acids is 1. The van der Waals surface area contributed by atoms with Crippen LogP contribution in [-0.2, 0) is 4.79 Å². The molecule has 0 spiro atoms. The standard InChI is InChI=1S/C24H36Cl5N3OS/c1-2-3-4-5-6-7-8-9-10-11-12-13-14-21(33)31-22(24(27,28)29)32-23(34)30-20-17-18(25)15-16-19(20)26/h15-17,22H,2-14H2,1H3,(H,31,33)(H2,30,32,34). The fourth-order valence-electron chi connectivity index (χ4n) is 3.44. The van der Waals surface area contributed by atoms with Gasteiger partial charge in [-0.3, -0.25) is 4.79 Å². The highest BCUT2D eigenvalue weighted by Crippen LogP contribution is 2.30. The third kappa shape index (κ3) is 15.1. The first-order valence-electron chi connectivity index (χ1n) is 12.0. The lowest BCUT2D eigenvalue weighted by Gasteiger charge is -2.28. The normalized spacial score (nSPS) is 12.3. The van der Waals surface area contributed by atoms with Gasteiger partial charge in [-0.25, -0.2) is 0 Å². The molecule has 0 aromatic heterocycles. The smallest absolute Gasteiger partial charge is 0.228 e. The van der Waals surface area contributed by atoms with Gasteiger partial charge in [0.05, 0.1) is 10.7 Å². The maximum atomic E-state index is 12.4. The molecule has 0 fully saturated rings. The highest BCUT2D eigenvalue weighted by atomic mass is 35.6. The molecule has 0 radical (unpaired) electrons. The predicted molar refractivity (Wildman–Crippen MR) is 154 cm³/mol. The first kappa shape index (κ1) is 31.9. The van der Waals surface area contributed by atoms with Crippen molar-refractivity contribution in [2.75, 3.05) is 5.32 Å². The Morgan fingerprint density at radius 1 is 0.882 bits per heavy atom. The molecule has 3 N–H and O–H groups in total. The molecule has 0 bridgehead atoms. The topological polar surface area (TPSA) is 53.2 Å². The Morgan fingerprint density at radius 2 is 1.41 bits per heavy atom. The Balaban J connectivity index is 2.27. The molecule has 10 heteroatoms. The van der Waals surface area contributed by atoms with Crippen molar-refractivity contribution in [3.8, 4) is 0 Å². The molecule has 1 rings (SSSR count). The molecular weight excluding hydrogens is 556 g/mol. The first-order chi connectivity index (χ1) is 16.1. The van der Waals surface area contributed by atoms with E-state index in [1.165, 1.54) is 57.8 Å². The van der Waals surface area contributed by atoms with Crippen LogP contribution in [0.15, 0.2) is 18.2 Å². The van der Waals surface area contributed by atoms with Crippen LogP contribution in [0.5, 0.6) is 0 Å². The number of alkyl halides is 3. The molecule has 194 valence electrons. The van der Waals surface area contributed by atoms with Gasteiger partial charge in [0.25, 0.3) is 0 Å². The molecular formula is C24H36Cl5N3OS. The Bertz CT molecular complexity index is 746. The molecule has 0 heterocycles. The molecule has 0 aliphatic rings. The Morgan fingerprint density at radius 3 is 1.94 bits per heavy atom. The van der Waals surface area contributed by atoms with Crippen molar-refractivity contribution >= 4 is 86.9 Å². The molecule has 0 saturated heterocycles. The zero-order valence-corrected chi connectivity index (χ0v) is 24.3. The van der Waals surface area contributed by atoms with Gasteiger partial charge in [0.1, 0.15) is 6.17 Å². The predicted octanol–water partition coefficient (Wildman–Crippen LogP) is 9.18. The van der Waals surface area contributed by atoms with Gasteiger partial charge in [0, 0.05) is 11.4 Å². The van der Waals surface area contributed by atoms with Crippen LogP contribution in [0, 0.1) is 0 Å². The summed E-state index contributed by atoms with van der Waals surface area (Å²) in [5.74, 6) is -0.209. The van der Waals surface area contributed by atoms with E-state index in [1.807, 2.05) is 0 Å². The number of nitrogens with one attached hydrogen (secondary N) is 3. The summed E-state index contributed by atoms with van der Waals surface area (Å²) in [4.78, 5) is 12.4. The van der Waals surface area contributed by atoms with Crippen LogP contribution in [0.3, 0.4) is 0 Å². The van der Waals surface area contributed by atoms with Crippen molar-refractivity contribution < 1.29 is 4.79 Å². The summed E-state index contributed by atoms with van der Waals surface area (Å²) in [5.41, 5.74) is 0.498. The summed E-state index contributed by atoms with van der Waals surface area (Å²) >= 11 is 35.5. The maximum absolute atomic E-state index is 12.4. The van der Waals surface area contributed by atoms with Crippen LogP contribution in [0.4, 0.5) is 5.69 Å². The average molecular weight is 592 g/mol. The van der Waals surface area contributed by atoms with Crippen LogP contribution in [0.2, 0.25) is 10.0 Å². The van der Waals surface area contributed by atoms with Crippen LogP contribution >= 0.6 is 70.2 Å². The van der Waals surface area contributed by atoms with Crippen molar-refractivity contribution in [1.29, 1.82) is 0 Å². The minimum Gasteiger partial charge on any atom is -0.339 e. The third-order valence-electron chi connectivity index (χ3n) is 5.34. The van der Waals surface area contributed by atoms with Gasteiger partial charge in [0.2, 0.25) is 9.70 Å². The summed E-state index contributed by atoms with van der Waals surface area (Å²) in [6.45, 7) is 2.24. The highest BCUT2D eigenvalue weighted by molar-refractivity contribution is 7.80. The second kappa shape index (κ2) is 18.1. The molecule has 1 aromatic rings. The zero-order valence-electron chi connectivity index (χ0n) is 19.7. The second-order valence-corrected chi connectivity index (χ2v) is 12.0. The molecule has 1 aromatic carbocycles. The van der Waals surface area contributed by atoms with Gasteiger partial charge in [-0.15, -0.1) is 0 Å². The first-order valence-corrected chi connectivity index (χ1v) is 14.3. The number of thiocarbonyl (C=S) groups is 1. The van der Waals surface area contributed by atoms with E-state index in [1.54, 1.807) is 18.2 Å². The Hall–Kier alpha value is -0.170. The van der Waals surface area contributed by atoms with Crippen molar-refractivity contribution in [2.45, 2.75) is 100 Å². The number of hydrogen-bond acceptors (Lipinski definition) is 2. The lowest BCUT2D eigenvalue weighted by atomic mass is 10.0. The maximum Gasteiger partial charge on any atom is 0.228 e. The second-order valence-electron chi connectivity index (χ2n) is 8.40. The van der Waals surface area contributed by atoms with E-state index in [4.69, 9.17) is 70.2 Å². The number of carbonyl (C=O) groups is 1. The number of rotatable bonds is 16. The van der Waals surface area contributed by atoms with Crippen LogP contribution in [0.25, 0.3) is 0 Å². The van der Waals surface area contributed by atoms with E-state index in [2.05, 4.69) is 22.9 Å². The minimum absolute atomic E-state index is 0.131. The molecule has 0 aliphatic carbocycles. The van der Waals surface area contributed by atoms with Crippen molar-refractivity contribution in [1.82, 2.24) is 10.6 Å². The molecule has 1 atom stereocenters. The van der Waals surface area contributed by atoms with E-state index in [0.29, 0.717) is 22.2 Å². The lowest BCUT2D eigenvalue weighted by molar-refractivity contribution is -0.122. The van der Waals surface area contributed by atoms with Gasteiger partial charge in [-0.1, -0.05) is 136 Å². The number of benzene rings is 1. The number of amides is 1. The van der Waals surface area contributed by atoms with Crippen LogP contribution in [-0.4, -0.2) is 21.0 Å². The Kier molecular flexibility index (Phi) is 17.0. The molecule has 34 heavy (non-hydrogen) atoms. The summed E-state index contributed by atoms with van der Waals surface area (Å²) in [6.07, 6.45) is 14.1. The summed E-state index contributed by atoms with van der Waals surface area (Å²) in [6, 6.07) is 4.91. The molecule has 0 saturated carbocycles. The number of unbranched alkanes of at least 4 members (excludes halogenated alkanes) is 11.